The Balaban J connectivity index is 1.61. The number of piperidine rings is 1. The highest BCUT2D eigenvalue weighted by Crippen LogP contribution is 2.37. The predicted molar refractivity (Wildman–Crippen MR) is 94.4 cm³/mol. The summed E-state index contributed by atoms with van der Waals surface area (Å²) < 4.78 is 0. The smallest absolute Gasteiger partial charge is 0.228 e. The van der Waals surface area contributed by atoms with Gasteiger partial charge in [0.2, 0.25) is 5.91 Å². The third-order valence-corrected chi connectivity index (χ3v) is 5.87. The van der Waals surface area contributed by atoms with Gasteiger partial charge in [0.15, 0.2) is 0 Å². The minimum atomic E-state index is -0.202. The molecule has 2 aliphatic rings. The van der Waals surface area contributed by atoms with E-state index in [2.05, 4.69) is 41.4 Å². The first-order valence-electron chi connectivity index (χ1n) is 9.13. The largest absolute Gasteiger partial charge is 0.342 e. The number of nitrogens with zero attached hydrogens (tertiary/aromatic N) is 1. The summed E-state index contributed by atoms with van der Waals surface area (Å²) in [5, 5.41) is 3.24. The fraction of sp³-hybridized carbons (Fsp3) is 0.650. The second-order valence-electron chi connectivity index (χ2n) is 7.63. The molecule has 1 aliphatic heterocycles. The van der Waals surface area contributed by atoms with Crippen LogP contribution in [0.4, 0.5) is 0 Å². The maximum atomic E-state index is 13.1. The Labute approximate surface area is 140 Å². The van der Waals surface area contributed by atoms with Crippen LogP contribution in [0.2, 0.25) is 0 Å². The number of benzene rings is 1. The Morgan fingerprint density at radius 2 is 1.96 bits per heavy atom. The zero-order valence-corrected chi connectivity index (χ0v) is 14.6. The molecular formula is C20H30N2O. The first-order chi connectivity index (χ1) is 11.1. The van der Waals surface area contributed by atoms with Crippen LogP contribution >= 0.6 is 0 Å². The Morgan fingerprint density at radius 1 is 1.26 bits per heavy atom. The zero-order chi connectivity index (χ0) is 16.3. The maximum absolute atomic E-state index is 13.1. The third-order valence-electron chi connectivity index (χ3n) is 5.87. The number of carbonyl (C=O) groups is 1. The summed E-state index contributed by atoms with van der Waals surface area (Å²) in [6.45, 7) is 5.17. The summed E-state index contributed by atoms with van der Waals surface area (Å²) >= 11 is 0. The highest BCUT2D eigenvalue weighted by Gasteiger charge is 2.40. The zero-order valence-electron chi connectivity index (χ0n) is 14.6. The van der Waals surface area contributed by atoms with E-state index in [9.17, 15) is 4.79 Å². The van der Waals surface area contributed by atoms with Crippen molar-refractivity contribution in [2.45, 2.75) is 45.4 Å². The van der Waals surface area contributed by atoms with E-state index >= 15 is 0 Å². The van der Waals surface area contributed by atoms with Crippen LogP contribution in [0.1, 0.15) is 43.7 Å². The molecule has 3 nitrogen and oxygen atoms in total. The summed E-state index contributed by atoms with van der Waals surface area (Å²) in [4.78, 5) is 15.3. The molecule has 0 spiro atoms. The second-order valence-corrected chi connectivity index (χ2v) is 7.63. The summed E-state index contributed by atoms with van der Waals surface area (Å²) in [6.07, 6.45) is 6.50. The molecule has 23 heavy (non-hydrogen) atoms. The Bertz CT molecular complexity index is 548. The summed E-state index contributed by atoms with van der Waals surface area (Å²) in [7, 11) is 2.01. The Kier molecular flexibility index (Phi) is 5.05. The fourth-order valence-electron chi connectivity index (χ4n) is 4.23. The SMILES string of the molecule is CNCCC1CCN(C(=O)C2(C)CCc3ccccc3C2)CC1. The first-order valence-corrected chi connectivity index (χ1v) is 9.13. The van der Waals surface area contributed by atoms with Gasteiger partial charge in [0, 0.05) is 13.1 Å². The van der Waals surface area contributed by atoms with Crippen molar-refractivity contribution in [3.63, 3.8) is 0 Å². The number of aryl methyl sites for hydroxylation is 1. The lowest BCUT2D eigenvalue weighted by Crippen LogP contribution is -2.48. The highest BCUT2D eigenvalue weighted by atomic mass is 16.2. The molecule has 1 fully saturated rings. The van der Waals surface area contributed by atoms with Gasteiger partial charge in [0.05, 0.1) is 5.41 Å². The molecule has 1 heterocycles. The number of carbonyl (C=O) groups excluding carboxylic acids is 1. The average Bonchev–Trinajstić information content (AvgIpc) is 2.59. The maximum Gasteiger partial charge on any atom is 0.228 e. The molecule has 126 valence electrons. The van der Waals surface area contributed by atoms with Gasteiger partial charge in [-0.15, -0.1) is 0 Å². The van der Waals surface area contributed by atoms with Crippen LogP contribution < -0.4 is 5.32 Å². The summed E-state index contributed by atoms with van der Waals surface area (Å²) in [5.41, 5.74) is 2.61. The van der Waals surface area contributed by atoms with E-state index < -0.39 is 0 Å². The molecule has 3 heteroatoms. The lowest BCUT2D eigenvalue weighted by molar-refractivity contribution is -0.143. The van der Waals surface area contributed by atoms with Crippen molar-refractivity contribution in [2.24, 2.45) is 11.3 Å². The predicted octanol–water partition coefficient (Wildman–Crippen LogP) is 3.03. The van der Waals surface area contributed by atoms with E-state index in [1.54, 1.807) is 0 Å². The number of amides is 1. The van der Waals surface area contributed by atoms with Crippen molar-refractivity contribution in [1.29, 1.82) is 0 Å². The van der Waals surface area contributed by atoms with Crippen molar-refractivity contribution in [3.05, 3.63) is 35.4 Å². The van der Waals surface area contributed by atoms with Crippen LogP contribution in [0.25, 0.3) is 0 Å². The van der Waals surface area contributed by atoms with Gasteiger partial charge in [-0.2, -0.15) is 0 Å². The first kappa shape index (κ1) is 16.5. The number of hydrogen-bond acceptors (Lipinski definition) is 2. The lowest BCUT2D eigenvalue weighted by atomic mass is 9.71. The summed E-state index contributed by atoms with van der Waals surface area (Å²) in [5.74, 6) is 1.17. The Morgan fingerprint density at radius 3 is 2.65 bits per heavy atom. The molecule has 0 saturated carbocycles. The van der Waals surface area contributed by atoms with Gasteiger partial charge in [-0.05, 0) is 69.2 Å². The molecule has 1 aromatic rings. The van der Waals surface area contributed by atoms with Gasteiger partial charge in [-0.1, -0.05) is 31.2 Å². The minimum absolute atomic E-state index is 0.202. The van der Waals surface area contributed by atoms with Crippen LogP contribution in [0.15, 0.2) is 24.3 Å². The number of nitrogens with one attached hydrogen (secondary N) is 1. The van der Waals surface area contributed by atoms with Crippen molar-refractivity contribution in [1.82, 2.24) is 10.2 Å². The number of fused-ring (bicyclic) bond motifs is 1. The van der Waals surface area contributed by atoms with Crippen LogP contribution in [-0.2, 0) is 17.6 Å². The average molecular weight is 314 g/mol. The van der Waals surface area contributed by atoms with Crippen molar-refractivity contribution < 1.29 is 4.79 Å². The van der Waals surface area contributed by atoms with E-state index in [1.165, 1.54) is 30.4 Å². The molecule has 0 radical (unpaired) electrons. The Hall–Kier alpha value is -1.35. The van der Waals surface area contributed by atoms with Crippen LogP contribution in [0.3, 0.4) is 0 Å². The topological polar surface area (TPSA) is 32.3 Å². The molecule has 0 aromatic heterocycles. The van der Waals surface area contributed by atoms with Gasteiger partial charge in [0.25, 0.3) is 0 Å². The van der Waals surface area contributed by atoms with E-state index in [4.69, 9.17) is 0 Å². The molecule has 1 unspecified atom stereocenters. The monoisotopic (exact) mass is 314 g/mol. The minimum Gasteiger partial charge on any atom is -0.342 e. The van der Waals surface area contributed by atoms with E-state index in [0.717, 1.165) is 44.8 Å². The molecule has 1 aliphatic carbocycles. The third kappa shape index (κ3) is 3.60. The normalized spacial score (nSPS) is 25.2. The number of likely N-dealkylation sites (tertiary alicyclic amines) is 1. The van der Waals surface area contributed by atoms with E-state index in [1.807, 2.05) is 7.05 Å². The van der Waals surface area contributed by atoms with Gasteiger partial charge in [-0.3, -0.25) is 4.79 Å². The van der Waals surface area contributed by atoms with Gasteiger partial charge in [-0.25, -0.2) is 0 Å². The van der Waals surface area contributed by atoms with Gasteiger partial charge >= 0.3 is 0 Å². The molecule has 0 bridgehead atoms. The lowest BCUT2D eigenvalue weighted by Gasteiger charge is -2.40. The fourth-order valence-corrected chi connectivity index (χ4v) is 4.23. The van der Waals surface area contributed by atoms with Crippen molar-refractivity contribution in [2.75, 3.05) is 26.7 Å². The van der Waals surface area contributed by atoms with Crippen molar-refractivity contribution >= 4 is 5.91 Å². The molecule has 1 saturated heterocycles. The van der Waals surface area contributed by atoms with Gasteiger partial charge in [0.1, 0.15) is 0 Å². The highest BCUT2D eigenvalue weighted by molar-refractivity contribution is 5.83. The molecule has 3 rings (SSSR count). The van der Waals surface area contributed by atoms with Crippen LogP contribution in [0.5, 0.6) is 0 Å². The number of hydrogen-bond donors (Lipinski definition) is 1. The molecule has 1 N–H and O–H groups in total. The molecule has 1 amide bonds. The molecular weight excluding hydrogens is 284 g/mol. The van der Waals surface area contributed by atoms with Crippen LogP contribution in [-0.4, -0.2) is 37.5 Å². The van der Waals surface area contributed by atoms with Crippen molar-refractivity contribution in [3.8, 4) is 0 Å². The standard InChI is InChI=1S/C20H30N2O/c1-20(11-7-17-5-3-4-6-18(17)15-20)19(23)22-13-9-16(10-14-22)8-12-21-2/h3-6,16,21H,7-15H2,1-2H3. The molecule has 1 atom stereocenters. The number of rotatable bonds is 4. The van der Waals surface area contributed by atoms with Gasteiger partial charge < -0.3 is 10.2 Å². The quantitative estimate of drug-likeness (QED) is 0.926. The second kappa shape index (κ2) is 7.04. The summed E-state index contributed by atoms with van der Waals surface area (Å²) in [6, 6.07) is 8.62. The van der Waals surface area contributed by atoms with E-state index in [0.29, 0.717) is 5.91 Å². The van der Waals surface area contributed by atoms with Crippen LogP contribution in [0, 0.1) is 11.3 Å². The molecule has 1 aromatic carbocycles. The van der Waals surface area contributed by atoms with E-state index in [-0.39, 0.29) is 5.41 Å².